The fourth-order valence-electron chi connectivity index (χ4n) is 3.80. The molecule has 0 N–H and O–H groups in total. The Morgan fingerprint density at radius 3 is 2.97 bits per heavy atom. The van der Waals surface area contributed by atoms with Gasteiger partial charge in [0.05, 0.1) is 5.69 Å². The van der Waals surface area contributed by atoms with Crippen molar-refractivity contribution >= 4 is 17.5 Å². The molecule has 1 fully saturated rings. The number of rotatable bonds is 5. The molecule has 0 bridgehead atoms. The summed E-state index contributed by atoms with van der Waals surface area (Å²) in [7, 11) is 1.59. The summed E-state index contributed by atoms with van der Waals surface area (Å²) >= 11 is 6.41. The van der Waals surface area contributed by atoms with Crippen LogP contribution in [0.2, 0.25) is 5.02 Å². The summed E-state index contributed by atoms with van der Waals surface area (Å²) in [5.74, 6) is 0.980. The third-order valence-corrected chi connectivity index (χ3v) is 5.49. The van der Waals surface area contributed by atoms with E-state index in [1.165, 1.54) is 0 Å². The number of piperidine rings is 1. The van der Waals surface area contributed by atoms with E-state index in [-0.39, 0.29) is 11.8 Å². The number of nitrogens with zero attached hydrogens (tertiary/aromatic N) is 3. The minimum atomic E-state index is -0.106. The van der Waals surface area contributed by atoms with Crippen LogP contribution in [0, 0.1) is 0 Å². The second-order valence-electron chi connectivity index (χ2n) is 7.09. The van der Waals surface area contributed by atoms with Crippen molar-refractivity contribution in [3.63, 3.8) is 0 Å². The van der Waals surface area contributed by atoms with Crippen LogP contribution in [0.3, 0.4) is 0 Å². The predicted molar refractivity (Wildman–Crippen MR) is 110 cm³/mol. The number of furan rings is 1. The van der Waals surface area contributed by atoms with Crippen LogP contribution in [0.1, 0.15) is 40.8 Å². The summed E-state index contributed by atoms with van der Waals surface area (Å²) in [5.41, 5.74) is 2.74. The van der Waals surface area contributed by atoms with Gasteiger partial charge in [-0.1, -0.05) is 29.8 Å². The summed E-state index contributed by atoms with van der Waals surface area (Å²) in [5, 5.41) is 0.661. The van der Waals surface area contributed by atoms with E-state index in [1.54, 1.807) is 31.8 Å². The molecule has 1 unspecified atom stereocenters. The average Bonchev–Trinajstić information content (AvgIpc) is 3.23. The number of hydrogen-bond donors (Lipinski definition) is 0. The van der Waals surface area contributed by atoms with E-state index in [2.05, 4.69) is 9.97 Å². The molecular weight excluding hydrogens is 390 g/mol. The van der Waals surface area contributed by atoms with Gasteiger partial charge in [0.15, 0.2) is 5.76 Å². The Hall–Kier alpha value is -2.70. The number of methoxy groups -OCH3 is 1. The number of likely N-dealkylation sites (tertiary alicyclic amines) is 1. The maximum atomic E-state index is 12.9. The van der Waals surface area contributed by atoms with Crippen LogP contribution in [0.25, 0.3) is 11.1 Å². The third kappa shape index (κ3) is 4.18. The second-order valence-corrected chi connectivity index (χ2v) is 7.50. The molecule has 1 saturated heterocycles. The standard InChI is InChI=1S/C22H22ClN3O3/c1-28-13-16-8-9-20(29-16)22(27)26-10-4-5-15(12-26)21-18(11-24-14-25-21)17-6-2-3-7-19(17)23/h2-3,6-9,11,14-15H,4-5,10,12-13H2,1H3. The van der Waals surface area contributed by atoms with Gasteiger partial charge in [-0.25, -0.2) is 9.97 Å². The topological polar surface area (TPSA) is 68.5 Å². The normalized spacial score (nSPS) is 16.8. The Bertz CT molecular complexity index is 1000. The maximum Gasteiger partial charge on any atom is 0.289 e. The highest BCUT2D eigenvalue weighted by molar-refractivity contribution is 6.33. The fourth-order valence-corrected chi connectivity index (χ4v) is 4.04. The molecular formula is C22H22ClN3O3. The first kappa shape index (κ1) is 19.6. The molecule has 1 atom stereocenters. The number of amides is 1. The van der Waals surface area contributed by atoms with E-state index in [1.807, 2.05) is 29.2 Å². The maximum absolute atomic E-state index is 12.9. The van der Waals surface area contributed by atoms with E-state index in [0.29, 0.717) is 36.2 Å². The SMILES string of the molecule is COCc1ccc(C(=O)N2CCCC(c3ncncc3-c3ccccc3Cl)C2)o1. The number of aromatic nitrogens is 2. The Labute approximate surface area is 174 Å². The summed E-state index contributed by atoms with van der Waals surface area (Å²) in [4.78, 5) is 23.5. The molecule has 1 aromatic carbocycles. The number of carbonyl (C=O) groups excluding carboxylic acids is 1. The van der Waals surface area contributed by atoms with Crippen LogP contribution in [0.15, 0.2) is 53.3 Å². The zero-order valence-electron chi connectivity index (χ0n) is 16.2. The molecule has 0 saturated carbocycles. The van der Waals surface area contributed by atoms with E-state index in [4.69, 9.17) is 20.8 Å². The molecule has 1 aliphatic heterocycles. The molecule has 0 aliphatic carbocycles. The van der Waals surface area contributed by atoms with Gasteiger partial charge in [0.1, 0.15) is 18.7 Å². The molecule has 3 aromatic rings. The van der Waals surface area contributed by atoms with Crippen molar-refractivity contribution < 1.29 is 13.9 Å². The number of ether oxygens (including phenoxy) is 1. The second kappa shape index (κ2) is 8.76. The van der Waals surface area contributed by atoms with Gasteiger partial charge >= 0.3 is 0 Å². The molecule has 4 rings (SSSR count). The van der Waals surface area contributed by atoms with Crippen molar-refractivity contribution in [1.29, 1.82) is 0 Å². The lowest BCUT2D eigenvalue weighted by atomic mass is 9.90. The van der Waals surface area contributed by atoms with Gasteiger partial charge in [-0.15, -0.1) is 0 Å². The quantitative estimate of drug-likeness (QED) is 0.615. The van der Waals surface area contributed by atoms with Crippen molar-refractivity contribution in [2.75, 3.05) is 20.2 Å². The lowest BCUT2D eigenvalue weighted by Crippen LogP contribution is -2.39. The highest BCUT2D eigenvalue weighted by Gasteiger charge is 2.29. The Balaban J connectivity index is 1.58. The smallest absolute Gasteiger partial charge is 0.289 e. The first-order chi connectivity index (χ1) is 14.2. The third-order valence-electron chi connectivity index (χ3n) is 5.16. The first-order valence-electron chi connectivity index (χ1n) is 9.59. The van der Waals surface area contributed by atoms with Crippen molar-refractivity contribution in [3.05, 3.63) is 71.2 Å². The van der Waals surface area contributed by atoms with Crippen LogP contribution in [-0.4, -0.2) is 41.0 Å². The first-order valence-corrected chi connectivity index (χ1v) is 9.97. The van der Waals surface area contributed by atoms with Gasteiger partial charge in [-0.05, 0) is 31.0 Å². The molecule has 150 valence electrons. The van der Waals surface area contributed by atoms with Gasteiger partial charge in [-0.2, -0.15) is 0 Å². The molecule has 2 aromatic heterocycles. The summed E-state index contributed by atoms with van der Waals surface area (Å²) < 4.78 is 10.7. The minimum Gasteiger partial charge on any atom is -0.453 e. The van der Waals surface area contributed by atoms with Gasteiger partial charge in [0, 0.05) is 48.5 Å². The van der Waals surface area contributed by atoms with Crippen molar-refractivity contribution in [3.8, 4) is 11.1 Å². The lowest BCUT2D eigenvalue weighted by molar-refractivity contribution is 0.0666. The van der Waals surface area contributed by atoms with Crippen LogP contribution < -0.4 is 0 Å². The number of benzene rings is 1. The Kier molecular flexibility index (Phi) is 5.92. The molecule has 7 heteroatoms. The molecule has 6 nitrogen and oxygen atoms in total. The van der Waals surface area contributed by atoms with Gasteiger partial charge in [0.2, 0.25) is 0 Å². The van der Waals surface area contributed by atoms with Crippen LogP contribution in [0.4, 0.5) is 0 Å². The number of halogens is 1. The zero-order chi connectivity index (χ0) is 20.2. The van der Waals surface area contributed by atoms with E-state index >= 15 is 0 Å². The van der Waals surface area contributed by atoms with E-state index in [9.17, 15) is 4.79 Å². The lowest BCUT2D eigenvalue weighted by Gasteiger charge is -2.32. The van der Waals surface area contributed by atoms with Gasteiger partial charge < -0.3 is 14.1 Å². The summed E-state index contributed by atoms with van der Waals surface area (Å²) in [6, 6.07) is 11.2. The van der Waals surface area contributed by atoms with E-state index < -0.39 is 0 Å². The molecule has 3 heterocycles. The van der Waals surface area contributed by atoms with Crippen LogP contribution in [-0.2, 0) is 11.3 Å². The Morgan fingerprint density at radius 1 is 1.28 bits per heavy atom. The molecule has 1 aliphatic rings. The van der Waals surface area contributed by atoms with Crippen LogP contribution >= 0.6 is 11.6 Å². The summed E-state index contributed by atoms with van der Waals surface area (Å²) in [6.45, 7) is 1.62. The molecule has 1 amide bonds. The highest BCUT2D eigenvalue weighted by atomic mass is 35.5. The van der Waals surface area contributed by atoms with Crippen LogP contribution in [0.5, 0.6) is 0 Å². The van der Waals surface area contributed by atoms with E-state index in [0.717, 1.165) is 29.7 Å². The van der Waals surface area contributed by atoms with Gasteiger partial charge in [-0.3, -0.25) is 4.79 Å². The molecule has 0 radical (unpaired) electrons. The number of hydrogen-bond acceptors (Lipinski definition) is 5. The predicted octanol–water partition coefficient (Wildman–Crippen LogP) is 4.56. The largest absolute Gasteiger partial charge is 0.453 e. The number of carbonyl (C=O) groups is 1. The van der Waals surface area contributed by atoms with Crippen molar-refractivity contribution in [2.45, 2.75) is 25.4 Å². The van der Waals surface area contributed by atoms with Gasteiger partial charge in [0.25, 0.3) is 5.91 Å². The monoisotopic (exact) mass is 411 g/mol. The molecule has 0 spiro atoms. The fraction of sp³-hybridized carbons (Fsp3) is 0.318. The summed E-state index contributed by atoms with van der Waals surface area (Å²) in [6.07, 6.45) is 5.20. The van der Waals surface area contributed by atoms with Crippen molar-refractivity contribution in [1.82, 2.24) is 14.9 Å². The van der Waals surface area contributed by atoms with Crippen molar-refractivity contribution in [2.24, 2.45) is 0 Å². The Morgan fingerprint density at radius 2 is 2.14 bits per heavy atom. The minimum absolute atomic E-state index is 0.106. The average molecular weight is 412 g/mol. The zero-order valence-corrected chi connectivity index (χ0v) is 16.9. The highest BCUT2D eigenvalue weighted by Crippen LogP contribution is 2.35. The molecule has 29 heavy (non-hydrogen) atoms.